The van der Waals surface area contributed by atoms with E-state index in [-0.39, 0.29) is 11.5 Å². The summed E-state index contributed by atoms with van der Waals surface area (Å²) in [5.41, 5.74) is 0.00421. The molecule has 0 atom stereocenters. The summed E-state index contributed by atoms with van der Waals surface area (Å²) >= 11 is 0. The largest absolute Gasteiger partial charge is 0.476 e. The van der Waals surface area contributed by atoms with E-state index in [0.29, 0.717) is 11.2 Å². The highest BCUT2D eigenvalue weighted by Crippen LogP contribution is 2.11. The van der Waals surface area contributed by atoms with E-state index < -0.39 is 11.5 Å². The van der Waals surface area contributed by atoms with Gasteiger partial charge in [0.25, 0.3) is 5.56 Å². The van der Waals surface area contributed by atoms with Crippen LogP contribution in [0, 0.1) is 0 Å². The van der Waals surface area contributed by atoms with Gasteiger partial charge in [-0.1, -0.05) is 0 Å². The van der Waals surface area contributed by atoms with Crippen molar-refractivity contribution >= 4 is 17.1 Å². The minimum atomic E-state index is -1.23. The van der Waals surface area contributed by atoms with E-state index in [1.165, 1.54) is 12.7 Å². The van der Waals surface area contributed by atoms with E-state index in [1.807, 2.05) is 0 Å². The van der Waals surface area contributed by atoms with Gasteiger partial charge in [0.2, 0.25) is 0 Å². The minimum absolute atomic E-state index is 0.149. The van der Waals surface area contributed by atoms with E-state index in [4.69, 9.17) is 5.11 Å². The molecule has 0 aromatic carbocycles. The number of aromatic amines is 1. The molecule has 3 aromatic rings. The number of nitrogens with one attached hydrogen (secondary N) is 1. The predicted molar refractivity (Wildman–Crippen MR) is 62.0 cm³/mol. The quantitative estimate of drug-likeness (QED) is 0.640. The zero-order chi connectivity index (χ0) is 13.4. The fourth-order valence-electron chi connectivity index (χ4n) is 1.59. The zero-order valence-electron chi connectivity index (χ0n) is 9.31. The second-order valence-corrected chi connectivity index (χ2v) is 3.57. The highest BCUT2D eigenvalue weighted by molar-refractivity contribution is 5.85. The van der Waals surface area contributed by atoms with Gasteiger partial charge in [0.1, 0.15) is 11.8 Å². The van der Waals surface area contributed by atoms with Crippen LogP contribution in [-0.4, -0.2) is 40.8 Å². The summed E-state index contributed by atoms with van der Waals surface area (Å²) in [6.07, 6.45) is 2.62. The molecule has 3 rings (SSSR count). The normalized spacial score (nSPS) is 10.7. The van der Waals surface area contributed by atoms with Crippen LogP contribution in [0.2, 0.25) is 0 Å². The van der Waals surface area contributed by atoms with Crippen LogP contribution >= 0.6 is 0 Å². The topological polar surface area (TPSA) is 127 Å². The molecule has 2 N–H and O–H groups in total. The van der Waals surface area contributed by atoms with Gasteiger partial charge in [0.05, 0.1) is 6.33 Å². The standard InChI is InChI=1S/C10H6N6O3/c17-6-2-1-5(10(18)19)15-16(6)9-7-8(12-3-11-7)13-4-14-9/h1-4H,(H,18,19)(H,11,12,13,14). The maximum absolute atomic E-state index is 11.8. The first-order valence-corrected chi connectivity index (χ1v) is 5.15. The van der Waals surface area contributed by atoms with Crippen molar-refractivity contribution in [1.82, 2.24) is 29.7 Å². The lowest BCUT2D eigenvalue weighted by Gasteiger charge is -2.04. The Kier molecular flexibility index (Phi) is 2.31. The molecule has 19 heavy (non-hydrogen) atoms. The predicted octanol–water partition coefficient (Wildman–Crippen LogP) is -0.403. The summed E-state index contributed by atoms with van der Waals surface area (Å²) < 4.78 is 0.894. The molecule has 9 nitrogen and oxygen atoms in total. The fourth-order valence-corrected chi connectivity index (χ4v) is 1.59. The van der Waals surface area contributed by atoms with Gasteiger partial charge in [-0.05, 0) is 6.07 Å². The van der Waals surface area contributed by atoms with Gasteiger partial charge >= 0.3 is 5.97 Å². The second-order valence-electron chi connectivity index (χ2n) is 3.57. The van der Waals surface area contributed by atoms with E-state index in [1.54, 1.807) is 0 Å². The summed E-state index contributed by atoms with van der Waals surface area (Å²) in [7, 11) is 0. The van der Waals surface area contributed by atoms with Crippen molar-refractivity contribution < 1.29 is 9.90 Å². The molecule has 0 saturated carbocycles. The lowest BCUT2D eigenvalue weighted by Crippen LogP contribution is -2.24. The number of imidazole rings is 1. The van der Waals surface area contributed by atoms with Crippen molar-refractivity contribution in [2.45, 2.75) is 0 Å². The fraction of sp³-hybridized carbons (Fsp3) is 0. The Hall–Kier alpha value is -3.10. The molecule has 9 heteroatoms. The molecule has 0 spiro atoms. The molecular weight excluding hydrogens is 252 g/mol. The van der Waals surface area contributed by atoms with Gasteiger partial charge in [0.15, 0.2) is 17.2 Å². The maximum atomic E-state index is 11.8. The van der Waals surface area contributed by atoms with Crippen molar-refractivity contribution in [2.75, 3.05) is 0 Å². The highest BCUT2D eigenvalue weighted by atomic mass is 16.4. The molecule has 3 aromatic heterocycles. The van der Waals surface area contributed by atoms with E-state index in [0.717, 1.165) is 16.8 Å². The van der Waals surface area contributed by atoms with Gasteiger partial charge < -0.3 is 10.1 Å². The molecule has 0 saturated heterocycles. The number of aromatic nitrogens is 6. The first-order chi connectivity index (χ1) is 9.16. The summed E-state index contributed by atoms with van der Waals surface area (Å²) in [4.78, 5) is 37.2. The van der Waals surface area contributed by atoms with E-state index in [2.05, 4.69) is 25.0 Å². The van der Waals surface area contributed by atoms with Gasteiger partial charge in [-0.15, -0.1) is 0 Å². The number of hydrogen-bond donors (Lipinski definition) is 2. The van der Waals surface area contributed by atoms with Crippen LogP contribution in [0.1, 0.15) is 10.5 Å². The first kappa shape index (κ1) is 11.0. The molecule has 94 valence electrons. The van der Waals surface area contributed by atoms with Crippen LogP contribution in [0.15, 0.2) is 29.6 Å². The van der Waals surface area contributed by atoms with Crippen molar-refractivity contribution in [3.63, 3.8) is 0 Å². The molecule has 0 aliphatic rings. The number of nitrogens with zero attached hydrogens (tertiary/aromatic N) is 5. The molecule has 0 aliphatic carbocycles. The molecule has 0 amide bonds. The minimum Gasteiger partial charge on any atom is -0.476 e. The Balaban J connectivity index is 2.32. The number of carboxylic acids is 1. The van der Waals surface area contributed by atoms with Crippen molar-refractivity contribution in [1.29, 1.82) is 0 Å². The number of carboxylic acid groups (broad SMARTS) is 1. The molecule has 0 fully saturated rings. The molecular formula is C10H6N6O3. The summed E-state index contributed by atoms with van der Waals surface area (Å²) in [6.45, 7) is 0. The highest BCUT2D eigenvalue weighted by Gasteiger charge is 2.13. The molecule has 0 bridgehead atoms. The Bertz CT molecular complexity index is 836. The Morgan fingerprint density at radius 2 is 2.11 bits per heavy atom. The average Bonchev–Trinajstić information content (AvgIpc) is 2.87. The third-order valence-electron chi connectivity index (χ3n) is 2.42. The first-order valence-electron chi connectivity index (χ1n) is 5.15. The van der Waals surface area contributed by atoms with Gasteiger partial charge in [-0.3, -0.25) is 4.79 Å². The number of fused-ring (bicyclic) bond motifs is 1. The SMILES string of the molecule is O=C(O)c1ccc(=O)n(-c2ncnc3nc[nH]c23)n1. The number of rotatable bonds is 2. The van der Waals surface area contributed by atoms with Crippen LogP contribution in [0.25, 0.3) is 17.0 Å². The Morgan fingerprint density at radius 1 is 1.26 bits per heavy atom. The zero-order valence-corrected chi connectivity index (χ0v) is 9.31. The summed E-state index contributed by atoms with van der Waals surface area (Å²) in [5, 5.41) is 12.6. The smallest absolute Gasteiger partial charge is 0.356 e. The van der Waals surface area contributed by atoms with Crippen LogP contribution in [-0.2, 0) is 0 Å². The Morgan fingerprint density at radius 3 is 2.89 bits per heavy atom. The van der Waals surface area contributed by atoms with Gasteiger partial charge in [-0.25, -0.2) is 19.7 Å². The van der Waals surface area contributed by atoms with Gasteiger partial charge in [-0.2, -0.15) is 9.78 Å². The van der Waals surface area contributed by atoms with Gasteiger partial charge in [0, 0.05) is 6.07 Å². The number of carbonyl (C=O) groups is 1. The Labute approximate surface area is 104 Å². The van der Waals surface area contributed by atoms with Crippen molar-refractivity contribution in [3.8, 4) is 5.82 Å². The van der Waals surface area contributed by atoms with Crippen LogP contribution in [0.3, 0.4) is 0 Å². The van der Waals surface area contributed by atoms with Crippen LogP contribution in [0.5, 0.6) is 0 Å². The van der Waals surface area contributed by atoms with E-state index >= 15 is 0 Å². The monoisotopic (exact) mass is 258 g/mol. The van der Waals surface area contributed by atoms with Crippen LogP contribution < -0.4 is 5.56 Å². The number of aromatic carboxylic acids is 1. The maximum Gasteiger partial charge on any atom is 0.356 e. The second kappa shape index (κ2) is 3.98. The third-order valence-corrected chi connectivity index (χ3v) is 2.42. The molecule has 0 aliphatic heterocycles. The number of H-pyrrole nitrogens is 1. The number of hydrogen-bond acceptors (Lipinski definition) is 6. The lowest BCUT2D eigenvalue weighted by molar-refractivity contribution is 0.0688. The van der Waals surface area contributed by atoms with Crippen LogP contribution in [0.4, 0.5) is 0 Å². The molecule has 0 radical (unpaired) electrons. The molecule has 0 unspecified atom stereocenters. The van der Waals surface area contributed by atoms with Crippen molar-refractivity contribution in [3.05, 3.63) is 40.8 Å². The molecule has 3 heterocycles. The lowest BCUT2D eigenvalue weighted by atomic mass is 10.4. The summed E-state index contributed by atoms with van der Waals surface area (Å²) in [6, 6.07) is 2.24. The summed E-state index contributed by atoms with van der Waals surface area (Å²) in [5.74, 6) is -1.08. The third kappa shape index (κ3) is 1.73. The van der Waals surface area contributed by atoms with E-state index in [9.17, 15) is 9.59 Å². The van der Waals surface area contributed by atoms with Crippen molar-refractivity contribution in [2.24, 2.45) is 0 Å². The average molecular weight is 258 g/mol.